The number of benzene rings is 2. The van der Waals surface area contributed by atoms with Crippen LogP contribution in [0.15, 0.2) is 42.6 Å². The van der Waals surface area contributed by atoms with Gasteiger partial charge in [-0.2, -0.15) is 10.1 Å². The summed E-state index contributed by atoms with van der Waals surface area (Å²) < 4.78 is 44.1. The molecular formula is C17H9ClF3N5S. The fourth-order valence-electron chi connectivity index (χ4n) is 2.70. The zero-order valence-electron chi connectivity index (χ0n) is 13.3. The zero-order chi connectivity index (χ0) is 19.3. The summed E-state index contributed by atoms with van der Waals surface area (Å²) in [5.74, 6) is -3.79. The number of fused-ring (bicyclic) bond motifs is 1. The number of nitrogens with zero attached hydrogens (tertiary/aromatic N) is 4. The van der Waals surface area contributed by atoms with Gasteiger partial charge in [-0.05, 0) is 48.6 Å². The van der Waals surface area contributed by atoms with Gasteiger partial charge in [-0.1, -0.05) is 11.6 Å². The average molecular weight is 408 g/mol. The number of nitrogens with two attached hydrogens (primary N) is 1. The van der Waals surface area contributed by atoms with E-state index >= 15 is 0 Å². The summed E-state index contributed by atoms with van der Waals surface area (Å²) in [5, 5.41) is 5.04. The third kappa shape index (κ3) is 2.75. The highest BCUT2D eigenvalue weighted by molar-refractivity contribution is 7.71. The lowest BCUT2D eigenvalue weighted by molar-refractivity contribution is 0.488. The van der Waals surface area contributed by atoms with Gasteiger partial charge in [0.1, 0.15) is 11.5 Å². The molecule has 27 heavy (non-hydrogen) atoms. The van der Waals surface area contributed by atoms with Crippen molar-refractivity contribution in [3.05, 3.63) is 69.8 Å². The van der Waals surface area contributed by atoms with E-state index in [-0.39, 0.29) is 16.2 Å². The molecule has 5 nitrogen and oxygen atoms in total. The van der Waals surface area contributed by atoms with Gasteiger partial charge in [-0.25, -0.2) is 17.9 Å². The summed E-state index contributed by atoms with van der Waals surface area (Å²) in [5.41, 5.74) is 6.27. The van der Waals surface area contributed by atoms with Crippen LogP contribution in [0.25, 0.3) is 22.4 Å². The van der Waals surface area contributed by atoms with E-state index in [4.69, 9.17) is 29.6 Å². The van der Waals surface area contributed by atoms with Crippen molar-refractivity contribution in [1.29, 1.82) is 0 Å². The van der Waals surface area contributed by atoms with E-state index in [0.29, 0.717) is 22.2 Å². The van der Waals surface area contributed by atoms with E-state index in [1.54, 1.807) is 24.3 Å². The van der Waals surface area contributed by atoms with Crippen LogP contribution >= 0.6 is 23.8 Å². The monoisotopic (exact) mass is 407 g/mol. The van der Waals surface area contributed by atoms with Crippen LogP contribution in [0.2, 0.25) is 5.02 Å². The number of hydrogen-bond acceptors (Lipinski definition) is 4. The summed E-state index contributed by atoms with van der Waals surface area (Å²) in [7, 11) is 0. The molecule has 0 bridgehead atoms. The van der Waals surface area contributed by atoms with Gasteiger partial charge in [0.25, 0.3) is 0 Å². The lowest BCUT2D eigenvalue weighted by Crippen LogP contribution is -2.12. The van der Waals surface area contributed by atoms with Crippen molar-refractivity contribution in [2.24, 2.45) is 0 Å². The molecule has 0 saturated heterocycles. The van der Waals surface area contributed by atoms with E-state index in [0.717, 1.165) is 10.6 Å². The molecule has 4 rings (SSSR count). The molecule has 0 fully saturated rings. The summed E-state index contributed by atoms with van der Waals surface area (Å²) >= 11 is 11.0. The SMILES string of the molecule is Nc1c2cnn(-c3ccc(Cl)cc3)c2nc(=S)n1-c1c(F)ccc(F)c1F. The number of aromatic nitrogens is 4. The summed E-state index contributed by atoms with van der Waals surface area (Å²) in [4.78, 5) is 4.19. The van der Waals surface area contributed by atoms with Gasteiger partial charge in [0.2, 0.25) is 4.77 Å². The zero-order valence-corrected chi connectivity index (χ0v) is 14.9. The largest absolute Gasteiger partial charge is 0.384 e. The lowest BCUT2D eigenvalue weighted by atomic mass is 10.2. The molecule has 0 radical (unpaired) electrons. The molecule has 2 N–H and O–H groups in total. The first-order valence-corrected chi connectivity index (χ1v) is 8.33. The fourth-order valence-corrected chi connectivity index (χ4v) is 3.11. The molecular weight excluding hydrogens is 399 g/mol. The number of anilines is 1. The van der Waals surface area contributed by atoms with Gasteiger partial charge in [0, 0.05) is 5.02 Å². The second-order valence-corrected chi connectivity index (χ2v) is 6.38. The van der Waals surface area contributed by atoms with Crippen molar-refractivity contribution < 1.29 is 13.2 Å². The lowest BCUT2D eigenvalue weighted by Gasteiger charge is -2.13. The van der Waals surface area contributed by atoms with Gasteiger partial charge in [-0.15, -0.1) is 0 Å². The van der Waals surface area contributed by atoms with Crippen LogP contribution < -0.4 is 5.73 Å². The highest BCUT2D eigenvalue weighted by atomic mass is 35.5. The number of rotatable bonds is 2. The first-order valence-electron chi connectivity index (χ1n) is 7.54. The van der Waals surface area contributed by atoms with Crippen molar-refractivity contribution in [3.8, 4) is 11.4 Å². The molecule has 0 spiro atoms. The van der Waals surface area contributed by atoms with Crippen molar-refractivity contribution >= 4 is 40.7 Å². The van der Waals surface area contributed by atoms with Crippen molar-refractivity contribution in [3.63, 3.8) is 0 Å². The number of hydrogen-bond donors (Lipinski definition) is 1. The van der Waals surface area contributed by atoms with Crippen LogP contribution in [0, 0.1) is 22.2 Å². The predicted octanol–water partition coefficient (Wildman–Crippen LogP) is 4.59. The molecule has 0 saturated carbocycles. The number of halogens is 4. The summed E-state index contributed by atoms with van der Waals surface area (Å²) in [6.45, 7) is 0. The Labute approximate surface area is 160 Å². The van der Waals surface area contributed by atoms with Crippen LogP contribution in [0.5, 0.6) is 0 Å². The van der Waals surface area contributed by atoms with Gasteiger partial charge < -0.3 is 5.73 Å². The highest BCUT2D eigenvalue weighted by Crippen LogP contribution is 2.28. The molecule has 0 amide bonds. The minimum atomic E-state index is -1.41. The third-order valence-corrected chi connectivity index (χ3v) is 4.49. The summed E-state index contributed by atoms with van der Waals surface area (Å²) in [6.07, 6.45) is 1.38. The van der Waals surface area contributed by atoms with Gasteiger partial charge in [0.15, 0.2) is 23.1 Å². The maximum Gasteiger partial charge on any atom is 0.208 e. The Bertz CT molecular complexity index is 1250. The van der Waals surface area contributed by atoms with E-state index < -0.39 is 23.1 Å². The number of nitrogen functional groups attached to an aromatic ring is 1. The van der Waals surface area contributed by atoms with Gasteiger partial charge >= 0.3 is 0 Å². The van der Waals surface area contributed by atoms with Crippen molar-refractivity contribution in [2.45, 2.75) is 0 Å². The molecule has 4 aromatic rings. The Morgan fingerprint density at radius 2 is 1.67 bits per heavy atom. The molecule has 0 aliphatic carbocycles. The van der Waals surface area contributed by atoms with Crippen molar-refractivity contribution in [1.82, 2.24) is 19.3 Å². The summed E-state index contributed by atoms with van der Waals surface area (Å²) in [6, 6.07) is 8.23. The molecule has 0 atom stereocenters. The predicted molar refractivity (Wildman–Crippen MR) is 98.3 cm³/mol. The fraction of sp³-hybridized carbons (Fsp3) is 0. The Morgan fingerprint density at radius 1 is 1.00 bits per heavy atom. The maximum absolute atomic E-state index is 14.2. The van der Waals surface area contributed by atoms with E-state index in [9.17, 15) is 13.2 Å². The molecule has 0 aliphatic rings. The van der Waals surface area contributed by atoms with Crippen LogP contribution in [0.1, 0.15) is 0 Å². The normalized spacial score (nSPS) is 11.3. The molecule has 2 aromatic heterocycles. The first-order chi connectivity index (χ1) is 12.9. The molecule has 0 unspecified atom stereocenters. The van der Waals surface area contributed by atoms with Crippen LogP contribution in [-0.2, 0) is 0 Å². The van der Waals surface area contributed by atoms with Crippen LogP contribution in [-0.4, -0.2) is 19.3 Å². The maximum atomic E-state index is 14.2. The molecule has 10 heteroatoms. The Morgan fingerprint density at radius 3 is 2.37 bits per heavy atom. The highest BCUT2D eigenvalue weighted by Gasteiger charge is 2.21. The standard InChI is InChI=1S/C17H9ClF3N5S/c18-8-1-3-9(4-2-8)26-16-10(7-23-26)15(22)25(17(27)24-16)14-12(20)6-5-11(19)13(14)21/h1-7H,22H2. The van der Waals surface area contributed by atoms with Gasteiger partial charge in [0.05, 0.1) is 17.3 Å². The molecule has 136 valence electrons. The average Bonchev–Trinajstić information content (AvgIpc) is 3.05. The Balaban J connectivity index is 2.01. The smallest absolute Gasteiger partial charge is 0.208 e. The van der Waals surface area contributed by atoms with E-state index in [2.05, 4.69) is 10.1 Å². The van der Waals surface area contributed by atoms with Gasteiger partial charge in [-0.3, -0.25) is 4.57 Å². The minimum Gasteiger partial charge on any atom is -0.384 e. The molecule has 2 heterocycles. The Hall–Kier alpha value is -2.91. The molecule has 2 aromatic carbocycles. The van der Waals surface area contributed by atoms with E-state index in [1.165, 1.54) is 10.9 Å². The van der Waals surface area contributed by atoms with Crippen LogP contribution in [0.3, 0.4) is 0 Å². The third-order valence-electron chi connectivity index (χ3n) is 3.97. The van der Waals surface area contributed by atoms with E-state index in [1.807, 2.05) is 0 Å². The second-order valence-electron chi connectivity index (χ2n) is 5.58. The minimum absolute atomic E-state index is 0.117. The second kappa shape index (κ2) is 6.36. The quantitative estimate of drug-likeness (QED) is 0.390. The molecule has 0 aliphatic heterocycles. The van der Waals surface area contributed by atoms with Crippen molar-refractivity contribution in [2.75, 3.05) is 5.73 Å². The topological polar surface area (TPSA) is 61.7 Å². The Kier molecular flexibility index (Phi) is 4.12. The van der Waals surface area contributed by atoms with Crippen LogP contribution in [0.4, 0.5) is 19.0 Å². The first kappa shape index (κ1) is 17.5.